The van der Waals surface area contributed by atoms with E-state index in [2.05, 4.69) is 15.6 Å². The molecule has 23 heavy (non-hydrogen) atoms. The van der Waals surface area contributed by atoms with Gasteiger partial charge in [0.2, 0.25) is 5.91 Å². The van der Waals surface area contributed by atoms with Crippen molar-refractivity contribution in [2.75, 3.05) is 6.54 Å². The van der Waals surface area contributed by atoms with E-state index in [-0.39, 0.29) is 11.8 Å². The van der Waals surface area contributed by atoms with E-state index < -0.39 is 6.04 Å². The summed E-state index contributed by atoms with van der Waals surface area (Å²) >= 11 is 7.23. The second kappa shape index (κ2) is 8.08. The van der Waals surface area contributed by atoms with E-state index in [1.54, 1.807) is 24.4 Å². The molecule has 0 fully saturated rings. The van der Waals surface area contributed by atoms with Crippen LogP contribution in [-0.2, 0) is 4.79 Å². The van der Waals surface area contributed by atoms with E-state index >= 15 is 0 Å². The van der Waals surface area contributed by atoms with E-state index in [4.69, 9.17) is 11.6 Å². The third-order valence-corrected chi connectivity index (χ3v) is 4.26. The quantitative estimate of drug-likeness (QED) is 0.840. The summed E-state index contributed by atoms with van der Waals surface area (Å²) in [6, 6.07) is 6.65. The summed E-state index contributed by atoms with van der Waals surface area (Å²) in [6.07, 6.45) is 0.850. The van der Waals surface area contributed by atoms with Gasteiger partial charge in [-0.05, 0) is 25.5 Å². The van der Waals surface area contributed by atoms with Crippen molar-refractivity contribution in [3.63, 3.8) is 0 Å². The number of thiazole rings is 1. The number of carbonyl (C=O) groups is 2. The van der Waals surface area contributed by atoms with Crippen LogP contribution in [0.25, 0.3) is 10.6 Å². The highest BCUT2D eigenvalue weighted by molar-refractivity contribution is 7.13. The third kappa shape index (κ3) is 4.77. The van der Waals surface area contributed by atoms with Gasteiger partial charge >= 0.3 is 0 Å². The zero-order chi connectivity index (χ0) is 16.8. The SMILES string of the molecule is CCCNC(=O)C(C)NC(=O)c1csc(-c2ccc(Cl)cc2)n1. The lowest BCUT2D eigenvalue weighted by molar-refractivity contribution is -0.122. The van der Waals surface area contributed by atoms with Gasteiger partial charge in [0, 0.05) is 22.5 Å². The van der Waals surface area contributed by atoms with Gasteiger partial charge in [0.05, 0.1) is 0 Å². The van der Waals surface area contributed by atoms with Gasteiger partial charge < -0.3 is 10.6 Å². The number of nitrogens with one attached hydrogen (secondary N) is 2. The molecule has 1 atom stereocenters. The van der Waals surface area contributed by atoms with Crippen molar-refractivity contribution in [3.8, 4) is 10.6 Å². The molecular weight excluding hydrogens is 334 g/mol. The molecule has 0 aliphatic rings. The second-order valence-corrected chi connectivity index (χ2v) is 6.33. The van der Waals surface area contributed by atoms with Gasteiger partial charge in [-0.3, -0.25) is 9.59 Å². The average molecular weight is 352 g/mol. The van der Waals surface area contributed by atoms with E-state index in [0.717, 1.165) is 17.0 Å². The number of benzene rings is 1. The zero-order valence-electron chi connectivity index (χ0n) is 12.9. The summed E-state index contributed by atoms with van der Waals surface area (Å²) in [4.78, 5) is 28.3. The van der Waals surface area contributed by atoms with Gasteiger partial charge in [-0.15, -0.1) is 11.3 Å². The minimum Gasteiger partial charge on any atom is -0.354 e. The van der Waals surface area contributed by atoms with Crippen molar-refractivity contribution in [1.82, 2.24) is 15.6 Å². The van der Waals surface area contributed by atoms with Gasteiger partial charge in [-0.1, -0.05) is 30.7 Å². The zero-order valence-corrected chi connectivity index (χ0v) is 14.5. The molecule has 2 amide bonds. The predicted octanol–water partition coefficient (Wildman–Crippen LogP) is 3.11. The number of hydrogen-bond acceptors (Lipinski definition) is 4. The highest BCUT2D eigenvalue weighted by Gasteiger charge is 2.18. The number of hydrogen-bond donors (Lipinski definition) is 2. The molecule has 0 aliphatic carbocycles. The Balaban J connectivity index is 2.01. The maximum Gasteiger partial charge on any atom is 0.271 e. The fourth-order valence-electron chi connectivity index (χ4n) is 1.84. The highest BCUT2D eigenvalue weighted by Crippen LogP contribution is 2.25. The second-order valence-electron chi connectivity index (χ2n) is 5.03. The van der Waals surface area contributed by atoms with Gasteiger partial charge in [0.1, 0.15) is 16.7 Å². The number of carbonyl (C=O) groups excluding carboxylic acids is 2. The Morgan fingerprint density at radius 2 is 2.00 bits per heavy atom. The molecule has 7 heteroatoms. The van der Waals surface area contributed by atoms with Crippen LogP contribution in [0.15, 0.2) is 29.6 Å². The van der Waals surface area contributed by atoms with Crippen molar-refractivity contribution < 1.29 is 9.59 Å². The Labute approximate surface area is 144 Å². The molecule has 1 unspecified atom stereocenters. The largest absolute Gasteiger partial charge is 0.354 e. The van der Waals surface area contributed by atoms with Crippen LogP contribution in [0.4, 0.5) is 0 Å². The molecule has 0 aliphatic heterocycles. The number of nitrogens with zero attached hydrogens (tertiary/aromatic N) is 1. The summed E-state index contributed by atoms with van der Waals surface area (Å²) in [7, 11) is 0. The monoisotopic (exact) mass is 351 g/mol. The molecule has 122 valence electrons. The molecule has 0 spiro atoms. The minimum atomic E-state index is -0.602. The predicted molar refractivity (Wildman–Crippen MR) is 92.8 cm³/mol. The lowest BCUT2D eigenvalue weighted by Gasteiger charge is -2.12. The van der Waals surface area contributed by atoms with E-state index in [0.29, 0.717) is 17.3 Å². The maximum atomic E-state index is 12.2. The van der Waals surface area contributed by atoms with Crippen molar-refractivity contribution in [2.24, 2.45) is 0 Å². The van der Waals surface area contributed by atoms with Crippen LogP contribution >= 0.6 is 22.9 Å². The average Bonchev–Trinajstić information content (AvgIpc) is 3.03. The highest BCUT2D eigenvalue weighted by atomic mass is 35.5. The first kappa shape index (κ1) is 17.4. The normalized spacial score (nSPS) is 11.8. The van der Waals surface area contributed by atoms with Crippen molar-refractivity contribution >= 4 is 34.8 Å². The van der Waals surface area contributed by atoms with Crippen molar-refractivity contribution in [1.29, 1.82) is 0 Å². The first-order valence-electron chi connectivity index (χ1n) is 7.31. The van der Waals surface area contributed by atoms with Crippen LogP contribution in [0.1, 0.15) is 30.8 Å². The maximum absolute atomic E-state index is 12.2. The summed E-state index contributed by atoms with van der Waals surface area (Å²) in [5.41, 5.74) is 1.20. The van der Waals surface area contributed by atoms with Crippen LogP contribution in [0.2, 0.25) is 5.02 Å². The Morgan fingerprint density at radius 1 is 1.30 bits per heavy atom. The molecular formula is C16H18ClN3O2S. The number of rotatable bonds is 6. The van der Waals surface area contributed by atoms with Crippen LogP contribution in [0.5, 0.6) is 0 Å². The lowest BCUT2D eigenvalue weighted by atomic mass is 10.2. The summed E-state index contributed by atoms with van der Waals surface area (Å²) in [5, 5.41) is 8.45. The van der Waals surface area contributed by atoms with Crippen LogP contribution in [-0.4, -0.2) is 29.4 Å². The summed E-state index contributed by atoms with van der Waals surface area (Å²) in [5.74, 6) is -0.561. The van der Waals surface area contributed by atoms with Gasteiger partial charge in [-0.2, -0.15) is 0 Å². The van der Waals surface area contributed by atoms with Crippen molar-refractivity contribution in [2.45, 2.75) is 26.3 Å². The van der Waals surface area contributed by atoms with E-state index in [1.165, 1.54) is 11.3 Å². The smallest absolute Gasteiger partial charge is 0.271 e. The first-order chi connectivity index (χ1) is 11.0. The Kier molecular flexibility index (Phi) is 6.12. The standard InChI is InChI=1S/C16H18ClN3O2S/c1-3-8-18-14(21)10(2)19-15(22)13-9-23-16(20-13)11-4-6-12(17)7-5-11/h4-7,9-10H,3,8H2,1-2H3,(H,18,21)(H,19,22). The van der Waals surface area contributed by atoms with Gasteiger partial charge in [-0.25, -0.2) is 4.98 Å². The lowest BCUT2D eigenvalue weighted by Crippen LogP contribution is -2.45. The number of halogens is 1. The van der Waals surface area contributed by atoms with Crippen LogP contribution in [0, 0.1) is 0 Å². The molecule has 0 radical (unpaired) electrons. The Hall–Kier alpha value is -1.92. The Bertz CT molecular complexity index is 685. The molecule has 2 N–H and O–H groups in total. The topological polar surface area (TPSA) is 71.1 Å². The molecule has 0 bridgehead atoms. The molecule has 1 aromatic carbocycles. The minimum absolute atomic E-state index is 0.201. The Morgan fingerprint density at radius 3 is 2.65 bits per heavy atom. The number of aromatic nitrogens is 1. The third-order valence-electron chi connectivity index (χ3n) is 3.12. The molecule has 1 heterocycles. The molecule has 2 aromatic rings. The van der Waals surface area contributed by atoms with E-state index in [1.807, 2.05) is 19.1 Å². The van der Waals surface area contributed by atoms with Crippen molar-refractivity contribution in [3.05, 3.63) is 40.4 Å². The fourth-order valence-corrected chi connectivity index (χ4v) is 2.77. The van der Waals surface area contributed by atoms with Gasteiger partial charge in [0.15, 0.2) is 0 Å². The fraction of sp³-hybridized carbons (Fsp3) is 0.312. The first-order valence-corrected chi connectivity index (χ1v) is 8.57. The molecule has 0 saturated carbocycles. The van der Waals surface area contributed by atoms with Crippen LogP contribution in [0.3, 0.4) is 0 Å². The molecule has 2 rings (SSSR count). The summed E-state index contributed by atoms with van der Waals surface area (Å²) < 4.78 is 0. The summed E-state index contributed by atoms with van der Waals surface area (Å²) in [6.45, 7) is 4.21. The molecule has 5 nitrogen and oxygen atoms in total. The van der Waals surface area contributed by atoms with Crippen LogP contribution < -0.4 is 10.6 Å². The molecule has 0 saturated heterocycles. The molecule has 1 aromatic heterocycles. The number of amides is 2. The van der Waals surface area contributed by atoms with E-state index in [9.17, 15) is 9.59 Å². The van der Waals surface area contributed by atoms with Gasteiger partial charge in [0.25, 0.3) is 5.91 Å².